The molecule has 0 saturated carbocycles. The van der Waals surface area contributed by atoms with Crippen molar-refractivity contribution in [3.8, 4) is 11.5 Å². The number of methoxy groups -OCH3 is 2. The minimum atomic E-state index is -0.495. The monoisotopic (exact) mass is 506 g/mol. The highest BCUT2D eigenvalue weighted by Crippen LogP contribution is 2.49. The van der Waals surface area contributed by atoms with Gasteiger partial charge in [-0.1, -0.05) is 58.4 Å². The van der Waals surface area contributed by atoms with Crippen LogP contribution in [0.1, 0.15) is 70.1 Å². The SMILES string of the molecule is COC(=O)[C@H](C)[C@@H]1CCc2ccc(OCC3=CCC(C)(c4cc(OC)ccc4F)C(C(C)(C)C)=C3)cc21. The summed E-state index contributed by atoms with van der Waals surface area (Å²) < 4.78 is 31.7. The third-order valence-corrected chi connectivity index (χ3v) is 8.10. The summed E-state index contributed by atoms with van der Waals surface area (Å²) in [6.07, 6.45) is 6.91. The van der Waals surface area contributed by atoms with Crippen LogP contribution in [0.4, 0.5) is 4.39 Å². The Bertz CT molecular complexity index is 1240. The smallest absolute Gasteiger partial charge is 0.308 e. The number of aryl methyl sites for hydroxylation is 1. The number of halogens is 1. The number of fused-ring (bicyclic) bond motifs is 1. The van der Waals surface area contributed by atoms with Crippen molar-refractivity contribution in [2.24, 2.45) is 11.3 Å². The second kappa shape index (κ2) is 10.4. The maximum absolute atomic E-state index is 15.1. The molecule has 0 spiro atoms. The molecule has 2 aliphatic rings. The molecule has 2 aliphatic carbocycles. The Labute approximate surface area is 220 Å². The molecule has 0 amide bonds. The largest absolute Gasteiger partial charge is 0.497 e. The van der Waals surface area contributed by atoms with E-state index in [1.165, 1.54) is 24.3 Å². The molecule has 5 heteroatoms. The second-order valence-electron chi connectivity index (χ2n) is 11.6. The molecule has 2 aromatic rings. The van der Waals surface area contributed by atoms with Crippen LogP contribution in [0.3, 0.4) is 0 Å². The number of carbonyl (C=O) groups is 1. The molecule has 1 unspecified atom stereocenters. The van der Waals surface area contributed by atoms with E-state index < -0.39 is 5.41 Å². The molecule has 0 saturated heterocycles. The van der Waals surface area contributed by atoms with Gasteiger partial charge >= 0.3 is 5.97 Å². The van der Waals surface area contributed by atoms with Crippen LogP contribution < -0.4 is 9.47 Å². The highest BCUT2D eigenvalue weighted by atomic mass is 19.1. The number of allylic oxidation sites excluding steroid dienone is 2. The van der Waals surface area contributed by atoms with Gasteiger partial charge in [0.15, 0.2) is 0 Å². The minimum Gasteiger partial charge on any atom is -0.497 e. The summed E-state index contributed by atoms with van der Waals surface area (Å²) in [5.74, 6) is 1.01. The average Bonchev–Trinajstić information content (AvgIpc) is 3.30. The van der Waals surface area contributed by atoms with Gasteiger partial charge in [-0.05, 0) is 77.6 Å². The maximum Gasteiger partial charge on any atom is 0.308 e. The zero-order chi connectivity index (χ0) is 27.0. The summed E-state index contributed by atoms with van der Waals surface area (Å²) >= 11 is 0. The number of benzene rings is 2. The summed E-state index contributed by atoms with van der Waals surface area (Å²) in [7, 11) is 3.05. The fourth-order valence-electron chi connectivity index (χ4n) is 6.04. The highest BCUT2D eigenvalue weighted by molar-refractivity contribution is 5.73. The molecule has 0 aromatic heterocycles. The van der Waals surface area contributed by atoms with Gasteiger partial charge in [0.05, 0.1) is 20.1 Å². The summed E-state index contributed by atoms with van der Waals surface area (Å²) in [5, 5.41) is 0. The third-order valence-electron chi connectivity index (χ3n) is 8.10. The van der Waals surface area contributed by atoms with Gasteiger partial charge in [0.1, 0.15) is 23.9 Å². The zero-order valence-corrected chi connectivity index (χ0v) is 23.1. The molecule has 0 fully saturated rings. The first kappa shape index (κ1) is 27.0. The van der Waals surface area contributed by atoms with Crippen LogP contribution in [0.2, 0.25) is 0 Å². The van der Waals surface area contributed by atoms with Crippen LogP contribution >= 0.6 is 0 Å². The van der Waals surface area contributed by atoms with Gasteiger partial charge in [-0.3, -0.25) is 4.79 Å². The van der Waals surface area contributed by atoms with Crippen molar-refractivity contribution in [2.45, 2.75) is 65.2 Å². The molecule has 0 heterocycles. The zero-order valence-electron chi connectivity index (χ0n) is 23.1. The topological polar surface area (TPSA) is 44.8 Å². The maximum atomic E-state index is 15.1. The molecular weight excluding hydrogens is 467 g/mol. The lowest BCUT2D eigenvalue weighted by molar-refractivity contribution is -0.145. The van der Waals surface area contributed by atoms with E-state index in [0.717, 1.165) is 29.7 Å². The molecule has 4 rings (SSSR count). The van der Waals surface area contributed by atoms with Crippen LogP contribution in [0.5, 0.6) is 11.5 Å². The van der Waals surface area contributed by atoms with Gasteiger partial charge in [-0.15, -0.1) is 0 Å². The van der Waals surface area contributed by atoms with Crippen LogP contribution in [0.25, 0.3) is 0 Å². The first-order valence-corrected chi connectivity index (χ1v) is 13.1. The van der Waals surface area contributed by atoms with Gasteiger partial charge in [0.25, 0.3) is 0 Å². The summed E-state index contributed by atoms with van der Waals surface area (Å²) in [5.41, 5.74) is 4.67. The molecule has 37 heavy (non-hydrogen) atoms. The fraction of sp³-hybridized carbons (Fsp3) is 0.469. The van der Waals surface area contributed by atoms with Crippen LogP contribution in [0, 0.1) is 17.2 Å². The van der Waals surface area contributed by atoms with E-state index in [4.69, 9.17) is 14.2 Å². The summed E-state index contributed by atoms with van der Waals surface area (Å²) in [4.78, 5) is 12.2. The molecule has 2 aromatic carbocycles. The van der Waals surface area contributed by atoms with Gasteiger partial charge < -0.3 is 14.2 Å². The van der Waals surface area contributed by atoms with Crippen LogP contribution in [-0.2, 0) is 21.4 Å². The molecule has 0 N–H and O–H groups in total. The normalized spacial score (nSPS) is 22.0. The number of hydrogen-bond donors (Lipinski definition) is 0. The summed E-state index contributed by atoms with van der Waals surface area (Å²) in [6.45, 7) is 11.0. The Balaban J connectivity index is 1.57. The van der Waals surface area contributed by atoms with E-state index in [-0.39, 0.29) is 29.0 Å². The predicted octanol–water partition coefficient (Wildman–Crippen LogP) is 7.31. The Kier molecular flexibility index (Phi) is 7.55. The quantitative estimate of drug-likeness (QED) is 0.369. The minimum absolute atomic E-state index is 0.144. The highest BCUT2D eigenvalue weighted by Gasteiger charge is 2.40. The molecule has 198 valence electrons. The Morgan fingerprint density at radius 2 is 1.86 bits per heavy atom. The number of hydrogen-bond acceptors (Lipinski definition) is 4. The van der Waals surface area contributed by atoms with Gasteiger partial charge in [-0.2, -0.15) is 0 Å². The van der Waals surface area contributed by atoms with E-state index >= 15 is 4.39 Å². The van der Waals surface area contributed by atoms with Crippen LogP contribution in [-0.4, -0.2) is 26.8 Å². The third kappa shape index (κ3) is 5.32. The Morgan fingerprint density at radius 3 is 2.54 bits per heavy atom. The van der Waals surface area contributed by atoms with Crippen LogP contribution in [0.15, 0.2) is 59.7 Å². The number of rotatable bonds is 7. The van der Waals surface area contributed by atoms with E-state index in [1.54, 1.807) is 13.2 Å². The van der Waals surface area contributed by atoms with E-state index in [2.05, 4.69) is 52.0 Å². The Hall–Kier alpha value is -3.08. The standard InChI is InChI=1S/C32H39FO4/c1-20(30(34)36-7)25-12-9-22-8-10-24(17-26(22)25)37-19-21-14-15-32(5,29(16-21)31(2,3)4)27-18-23(35-6)11-13-28(27)33/h8,10-11,13-14,16-18,20,25H,9,12,15,19H2,1-7H3/t20-,25+,32?/m1/s1. The average molecular weight is 507 g/mol. The first-order chi connectivity index (χ1) is 17.5. The van der Waals surface area contributed by atoms with Crippen molar-refractivity contribution in [3.63, 3.8) is 0 Å². The first-order valence-electron chi connectivity index (χ1n) is 13.1. The molecule has 4 nitrogen and oxygen atoms in total. The van der Waals surface area contributed by atoms with Gasteiger partial charge in [0.2, 0.25) is 0 Å². The number of esters is 1. The fourth-order valence-corrected chi connectivity index (χ4v) is 6.04. The van der Waals surface area contributed by atoms with Crippen molar-refractivity contribution >= 4 is 5.97 Å². The Morgan fingerprint density at radius 1 is 1.14 bits per heavy atom. The molecule has 3 atom stereocenters. The van der Waals surface area contributed by atoms with E-state index in [9.17, 15) is 4.79 Å². The molecule has 0 bridgehead atoms. The van der Waals surface area contributed by atoms with Crippen molar-refractivity contribution in [3.05, 3.63) is 82.2 Å². The number of ether oxygens (including phenoxy) is 3. The lowest BCUT2D eigenvalue weighted by Gasteiger charge is -2.42. The lowest BCUT2D eigenvalue weighted by atomic mass is 9.62. The predicted molar refractivity (Wildman–Crippen MR) is 145 cm³/mol. The van der Waals surface area contributed by atoms with Gasteiger partial charge in [0, 0.05) is 11.0 Å². The van der Waals surface area contributed by atoms with E-state index in [0.29, 0.717) is 24.3 Å². The lowest BCUT2D eigenvalue weighted by Crippen LogP contribution is -2.34. The van der Waals surface area contributed by atoms with Crippen molar-refractivity contribution in [1.29, 1.82) is 0 Å². The number of carbonyl (C=O) groups excluding carboxylic acids is 1. The second-order valence-corrected chi connectivity index (χ2v) is 11.6. The molecule has 0 aliphatic heterocycles. The molecular formula is C32H39FO4. The van der Waals surface area contributed by atoms with Crippen molar-refractivity contribution < 1.29 is 23.4 Å². The molecule has 0 radical (unpaired) electrons. The summed E-state index contributed by atoms with van der Waals surface area (Å²) in [6, 6.07) is 11.2. The van der Waals surface area contributed by atoms with E-state index in [1.807, 2.05) is 19.1 Å². The van der Waals surface area contributed by atoms with Crippen molar-refractivity contribution in [2.75, 3.05) is 20.8 Å². The van der Waals surface area contributed by atoms with Gasteiger partial charge in [-0.25, -0.2) is 4.39 Å². The van der Waals surface area contributed by atoms with Crippen molar-refractivity contribution in [1.82, 2.24) is 0 Å².